The molecule has 0 radical (unpaired) electrons. The van der Waals surface area contributed by atoms with Crippen LogP contribution in [0.4, 0.5) is 14.6 Å². The number of amides is 1. The van der Waals surface area contributed by atoms with Crippen LogP contribution in [0.25, 0.3) is 11.3 Å². The highest BCUT2D eigenvalue weighted by molar-refractivity contribution is 5.95. The van der Waals surface area contributed by atoms with E-state index in [1.165, 1.54) is 18.3 Å². The molecule has 10 heteroatoms. The molecular weight excluding hydrogens is 432 g/mol. The number of pyridine rings is 1. The maximum absolute atomic E-state index is 14.1. The molecular formula is C23H25F2N5O3. The van der Waals surface area contributed by atoms with E-state index < -0.39 is 23.9 Å². The Hall–Kier alpha value is -3.50. The molecule has 0 unspecified atom stereocenters. The topological polar surface area (TPSA) is 120 Å². The lowest BCUT2D eigenvalue weighted by Crippen LogP contribution is -2.40. The normalized spacial score (nSPS) is 11.9. The van der Waals surface area contributed by atoms with E-state index in [4.69, 9.17) is 10.2 Å². The second-order valence-electron chi connectivity index (χ2n) is 7.37. The van der Waals surface area contributed by atoms with Gasteiger partial charge >= 0.3 is 0 Å². The first-order valence-electron chi connectivity index (χ1n) is 10.4. The quantitative estimate of drug-likeness (QED) is 0.348. The lowest BCUT2D eigenvalue weighted by Gasteiger charge is -2.13. The Morgan fingerprint density at radius 2 is 1.88 bits per heavy atom. The van der Waals surface area contributed by atoms with E-state index in [1.54, 1.807) is 36.4 Å². The van der Waals surface area contributed by atoms with E-state index >= 15 is 0 Å². The third-order valence-corrected chi connectivity index (χ3v) is 4.87. The van der Waals surface area contributed by atoms with Crippen LogP contribution in [0.15, 0.2) is 54.7 Å². The average molecular weight is 457 g/mol. The molecule has 2 aromatic heterocycles. The predicted octanol–water partition coefficient (Wildman–Crippen LogP) is 2.14. The number of aliphatic hydroxyl groups excluding tert-OH is 2. The molecule has 0 aliphatic carbocycles. The summed E-state index contributed by atoms with van der Waals surface area (Å²) in [6.45, 7) is -0.452. The second-order valence-corrected chi connectivity index (χ2v) is 7.37. The van der Waals surface area contributed by atoms with E-state index in [2.05, 4.69) is 25.8 Å². The number of halogens is 2. The lowest BCUT2D eigenvalue weighted by atomic mass is 10.1. The number of nitrogens with zero attached hydrogens (tertiary/aromatic N) is 3. The van der Waals surface area contributed by atoms with Crippen molar-refractivity contribution < 1.29 is 23.8 Å². The zero-order valence-electron chi connectivity index (χ0n) is 17.8. The molecule has 8 nitrogen and oxygen atoms in total. The number of benzene rings is 1. The highest BCUT2D eigenvalue weighted by Crippen LogP contribution is 2.19. The minimum atomic E-state index is -1.25. The summed E-state index contributed by atoms with van der Waals surface area (Å²) in [6, 6.07) is 12.1. The molecule has 2 heterocycles. The van der Waals surface area contributed by atoms with Crippen molar-refractivity contribution in [1.29, 1.82) is 0 Å². The van der Waals surface area contributed by atoms with Gasteiger partial charge in [-0.2, -0.15) is 0 Å². The molecule has 0 aliphatic rings. The third-order valence-electron chi connectivity index (χ3n) is 4.87. The summed E-state index contributed by atoms with van der Waals surface area (Å²) >= 11 is 0. The summed E-state index contributed by atoms with van der Waals surface area (Å²) in [6.07, 6.45) is 0.239. The molecule has 1 atom stereocenters. The Kier molecular flexibility index (Phi) is 8.73. The number of rotatable bonds is 11. The van der Waals surface area contributed by atoms with Crippen LogP contribution < -0.4 is 10.6 Å². The highest BCUT2D eigenvalue weighted by atomic mass is 19.1. The van der Waals surface area contributed by atoms with Crippen molar-refractivity contribution in [3.63, 3.8) is 0 Å². The van der Waals surface area contributed by atoms with E-state index in [-0.39, 0.29) is 38.3 Å². The van der Waals surface area contributed by atoms with Crippen LogP contribution in [0.3, 0.4) is 0 Å². The van der Waals surface area contributed by atoms with E-state index in [0.717, 1.165) is 0 Å². The monoisotopic (exact) mass is 457 g/mol. The molecule has 4 N–H and O–H groups in total. The van der Waals surface area contributed by atoms with Gasteiger partial charge in [-0.1, -0.05) is 12.1 Å². The standard InChI is InChI=1S/C23H25F2N5O3/c24-17(12-21-19(25)5-2-9-26-21)8-10-27-22-7-6-20(29-30-22)15-3-1-4-16(11-15)23(33)28-18(13-31)14-32/h1-7,9,11,17-18,31-32H,8,10,12-14H2,(H,27,30)(H,28,33)/t17-/m0/s1. The highest BCUT2D eigenvalue weighted by Gasteiger charge is 2.14. The van der Waals surface area contributed by atoms with E-state index in [9.17, 15) is 13.6 Å². The maximum Gasteiger partial charge on any atom is 0.251 e. The Labute approximate surface area is 189 Å². The molecule has 1 amide bonds. The van der Waals surface area contributed by atoms with Crippen molar-refractivity contribution in [2.45, 2.75) is 25.1 Å². The van der Waals surface area contributed by atoms with Gasteiger partial charge in [-0.15, -0.1) is 10.2 Å². The summed E-state index contributed by atoms with van der Waals surface area (Å²) in [5.41, 5.74) is 1.65. The summed E-state index contributed by atoms with van der Waals surface area (Å²) < 4.78 is 27.7. The average Bonchev–Trinajstić information content (AvgIpc) is 2.84. The van der Waals surface area contributed by atoms with Crippen LogP contribution in [-0.2, 0) is 6.42 Å². The van der Waals surface area contributed by atoms with Gasteiger partial charge in [0.25, 0.3) is 5.91 Å². The molecule has 0 fully saturated rings. The zero-order valence-corrected chi connectivity index (χ0v) is 17.8. The fourth-order valence-corrected chi connectivity index (χ4v) is 3.06. The van der Waals surface area contributed by atoms with E-state index in [1.807, 2.05) is 0 Å². The van der Waals surface area contributed by atoms with Crippen molar-refractivity contribution >= 4 is 11.7 Å². The molecule has 0 aliphatic heterocycles. The van der Waals surface area contributed by atoms with Crippen molar-refractivity contribution in [3.05, 3.63) is 71.8 Å². The summed E-state index contributed by atoms with van der Waals surface area (Å²) in [5.74, 6) is -0.488. The SMILES string of the molecule is O=C(NC(CO)CO)c1cccc(-c2ccc(NCC[C@H](F)Cc3ncccc3F)nn2)c1. The Bertz CT molecular complexity index is 1050. The molecule has 3 rings (SSSR count). The van der Waals surface area contributed by atoms with Crippen LogP contribution in [-0.4, -0.2) is 63.3 Å². The summed E-state index contributed by atoms with van der Waals surface area (Å²) in [7, 11) is 0. The first kappa shape index (κ1) is 24.1. The molecule has 3 aromatic rings. The van der Waals surface area contributed by atoms with Gasteiger partial charge in [0.1, 0.15) is 17.8 Å². The largest absolute Gasteiger partial charge is 0.394 e. The van der Waals surface area contributed by atoms with Crippen LogP contribution in [0.1, 0.15) is 22.5 Å². The van der Waals surface area contributed by atoms with Gasteiger partial charge in [0.05, 0.1) is 30.6 Å². The van der Waals surface area contributed by atoms with Crippen LogP contribution in [0.5, 0.6) is 0 Å². The molecule has 0 saturated heterocycles. The number of nitrogens with one attached hydrogen (secondary N) is 2. The molecule has 0 bridgehead atoms. The number of hydrogen-bond acceptors (Lipinski definition) is 7. The Balaban J connectivity index is 1.54. The van der Waals surface area contributed by atoms with E-state index in [0.29, 0.717) is 22.6 Å². The number of aromatic nitrogens is 3. The van der Waals surface area contributed by atoms with Gasteiger partial charge in [0, 0.05) is 30.3 Å². The van der Waals surface area contributed by atoms with Gasteiger partial charge in [0.15, 0.2) is 0 Å². The number of aliphatic hydroxyl groups is 2. The van der Waals surface area contributed by atoms with Gasteiger partial charge in [-0.3, -0.25) is 9.78 Å². The maximum atomic E-state index is 14.1. The smallest absolute Gasteiger partial charge is 0.251 e. The molecule has 0 saturated carbocycles. The predicted molar refractivity (Wildman–Crippen MR) is 119 cm³/mol. The number of hydrogen-bond donors (Lipinski definition) is 4. The van der Waals surface area contributed by atoms with Gasteiger partial charge in [-0.05, 0) is 42.8 Å². The summed E-state index contributed by atoms with van der Waals surface area (Å²) in [5, 5.41) is 32.0. The second kappa shape index (κ2) is 11.9. The first-order chi connectivity index (χ1) is 16.0. The molecule has 174 valence electrons. The summed E-state index contributed by atoms with van der Waals surface area (Å²) in [4.78, 5) is 16.1. The fourth-order valence-electron chi connectivity index (χ4n) is 3.06. The van der Waals surface area contributed by atoms with Crippen molar-refractivity contribution in [3.8, 4) is 11.3 Å². The number of carbonyl (C=O) groups excluding carboxylic acids is 1. The number of carbonyl (C=O) groups is 1. The van der Waals surface area contributed by atoms with Crippen LogP contribution in [0.2, 0.25) is 0 Å². The number of alkyl halides is 1. The number of anilines is 1. The lowest BCUT2D eigenvalue weighted by molar-refractivity contribution is 0.0879. The van der Waals surface area contributed by atoms with Crippen molar-refractivity contribution in [2.75, 3.05) is 25.1 Å². The minimum absolute atomic E-state index is 0.0970. The van der Waals surface area contributed by atoms with Crippen LogP contribution >= 0.6 is 0 Å². The zero-order chi connectivity index (χ0) is 23.6. The Morgan fingerprint density at radius 1 is 1.06 bits per heavy atom. The molecule has 1 aromatic carbocycles. The molecule has 0 spiro atoms. The first-order valence-corrected chi connectivity index (χ1v) is 10.4. The van der Waals surface area contributed by atoms with Crippen LogP contribution in [0, 0.1) is 5.82 Å². The molecule has 33 heavy (non-hydrogen) atoms. The Morgan fingerprint density at radius 3 is 2.58 bits per heavy atom. The van der Waals surface area contributed by atoms with Gasteiger partial charge in [0.2, 0.25) is 0 Å². The van der Waals surface area contributed by atoms with Gasteiger partial charge < -0.3 is 20.8 Å². The third kappa shape index (κ3) is 6.99. The van der Waals surface area contributed by atoms with Gasteiger partial charge in [-0.25, -0.2) is 8.78 Å². The van der Waals surface area contributed by atoms with Crippen molar-refractivity contribution in [2.24, 2.45) is 0 Å². The van der Waals surface area contributed by atoms with Crippen molar-refractivity contribution in [1.82, 2.24) is 20.5 Å². The fraction of sp³-hybridized carbons (Fsp3) is 0.304. The minimum Gasteiger partial charge on any atom is -0.394 e.